The number of rotatable bonds is 10. The van der Waals surface area contributed by atoms with E-state index in [1.807, 2.05) is 0 Å². The van der Waals surface area contributed by atoms with Gasteiger partial charge in [-0.1, -0.05) is 102 Å². The Morgan fingerprint density at radius 2 is 0.547 bits per heavy atom. The van der Waals surface area contributed by atoms with Crippen molar-refractivity contribution < 1.29 is 49.4 Å². The third-order valence-electron chi connectivity index (χ3n) is 19.7. The van der Waals surface area contributed by atoms with Gasteiger partial charge in [0.25, 0.3) is 0 Å². The van der Waals surface area contributed by atoms with Crippen molar-refractivity contribution in [1.29, 1.82) is 0 Å². The molecule has 20 heteroatoms. The van der Waals surface area contributed by atoms with E-state index in [1.165, 1.54) is 12.8 Å². The van der Waals surface area contributed by atoms with E-state index in [0.717, 1.165) is 186 Å². The topological polar surface area (TPSA) is 111 Å². The van der Waals surface area contributed by atoms with Crippen LogP contribution in [0.15, 0.2) is 12.2 Å². The molecule has 15 aliphatic rings. The van der Waals surface area contributed by atoms with E-state index in [1.54, 1.807) is 0 Å². The Labute approximate surface area is 391 Å². The molecule has 0 N–H and O–H groups in total. The molecule has 356 valence electrons. The second-order valence-corrected chi connectivity index (χ2v) is 49.4. The van der Waals surface area contributed by atoms with Crippen molar-refractivity contribution in [1.82, 2.24) is 0 Å². The van der Waals surface area contributed by atoms with Crippen LogP contribution >= 0.6 is 0 Å². The van der Waals surface area contributed by atoms with Gasteiger partial charge in [-0.05, 0) is 127 Å². The molecule has 0 spiro atoms. The van der Waals surface area contributed by atoms with Gasteiger partial charge in [-0.25, -0.2) is 0 Å². The van der Waals surface area contributed by atoms with Crippen molar-refractivity contribution in [2.75, 3.05) is 0 Å². The number of allylic oxidation sites excluding steroid dienone is 2. The molecule has 0 radical (unpaired) electrons. The molecule has 6 aliphatic heterocycles. The molecule has 0 aromatic heterocycles. The lowest BCUT2D eigenvalue weighted by atomic mass is 9.91. The summed E-state index contributed by atoms with van der Waals surface area (Å²) in [6.07, 6.45) is 38.4. The van der Waals surface area contributed by atoms with Crippen molar-refractivity contribution in [3.63, 3.8) is 0 Å². The van der Waals surface area contributed by atoms with Crippen LogP contribution in [0.2, 0.25) is 44.8 Å². The number of hydrogen-bond acceptors (Lipinski definition) is 12. The minimum absolute atomic E-state index is 0.0838. The fourth-order valence-electron chi connectivity index (χ4n) is 16.4. The lowest BCUT2D eigenvalue weighted by molar-refractivity contribution is -0.0460. The fraction of sp³-hybridized carbons (Fsp3) is 0.955. The molecule has 6 heterocycles. The Morgan fingerprint density at radius 1 is 0.297 bits per heavy atom. The van der Waals surface area contributed by atoms with Gasteiger partial charge in [0.05, 0.1) is 0 Å². The van der Waals surface area contributed by atoms with Crippen LogP contribution in [-0.4, -0.2) is 70.4 Å². The molecular weight excluding hydrogens is 945 g/mol. The van der Waals surface area contributed by atoms with Crippen LogP contribution < -0.4 is 0 Å². The van der Waals surface area contributed by atoms with E-state index >= 15 is 0 Å². The van der Waals surface area contributed by atoms with Gasteiger partial charge in [0.2, 0.25) is 0 Å². The Balaban J connectivity index is 1.06. The predicted octanol–water partition coefficient (Wildman–Crippen LogP) is 12.0. The average Bonchev–Trinajstić information content (AvgIpc) is 4.13. The minimum Gasteiger partial charge on any atom is -0.373 e. The molecule has 6 saturated heterocycles. The van der Waals surface area contributed by atoms with Gasteiger partial charge in [-0.15, -0.1) is 0 Å². The maximum absolute atomic E-state index is 8.54. The fourth-order valence-corrected chi connectivity index (χ4v) is 72.6. The lowest BCUT2D eigenvalue weighted by Gasteiger charge is -2.66. The monoisotopic (exact) mass is 1020 g/mol. The zero-order valence-corrected chi connectivity index (χ0v) is 46.5. The first-order valence-electron chi connectivity index (χ1n) is 27.4. The van der Waals surface area contributed by atoms with Crippen LogP contribution in [0.1, 0.15) is 199 Å². The van der Waals surface area contributed by atoms with Gasteiger partial charge in [-0.2, -0.15) is 0 Å². The molecule has 12 nitrogen and oxygen atoms in total. The van der Waals surface area contributed by atoms with E-state index in [-0.39, 0.29) is 38.8 Å². The first-order chi connectivity index (χ1) is 31.3. The second kappa shape index (κ2) is 16.3. The Hall–Kier alpha value is 0.995. The largest absolute Gasteiger partial charge is 0.482 e. The minimum atomic E-state index is -3.91. The van der Waals surface area contributed by atoms with Gasteiger partial charge < -0.3 is 49.4 Å². The highest BCUT2D eigenvalue weighted by molar-refractivity contribution is 7.04. The van der Waals surface area contributed by atoms with E-state index in [4.69, 9.17) is 49.4 Å². The molecule has 0 amide bonds. The summed E-state index contributed by atoms with van der Waals surface area (Å²) in [6.45, 7) is 0. The highest BCUT2D eigenvalue weighted by Gasteiger charge is 2.88. The smallest absolute Gasteiger partial charge is 0.373 e. The molecule has 3 atom stereocenters. The molecule has 1 unspecified atom stereocenters. The Bertz CT molecular complexity index is 1610. The van der Waals surface area contributed by atoms with E-state index in [2.05, 4.69) is 12.2 Å². The van der Waals surface area contributed by atoms with Gasteiger partial charge >= 0.3 is 70.4 Å². The molecule has 8 saturated carbocycles. The summed E-state index contributed by atoms with van der Waals surface area (Å²) in [5.74, 6) is 1.86. The summed E-state index contributed by atoms with van der Waals surface area (Å²) >= 11 is 0. The van der Waals surface area contributed by atoms with Crippen LogP contribution in [0.5, 0.6) is 0 Å². The normalized spacial score (nSPS) is 51.6. The molecular formula is C44H76O12Si8. The maximum atomic E-state index is 8.54. The second-order valence-electron chi connectivity index (χ2n) is 23.6. The third-order valence-corrected chi connectivity index (χ3v) is 59.3. The number of fused-ring (bicyclic) bond motifs is 2. The number of hydrogen-bond donors (Lipinski definition) is 0. The molecule has 0 aromatic rings. The zero-order chi connectivity index (χ0) is 42.3. The molecule has 14 fully saturated rings. The third kappa shape index (κ3) is 6.92. The molecule has 9 aliphatic carbocycles. The van der Waals surface area contributed by atoms with Crippen molar-refractivity contribution in [3.8, 4) is 0 Å². The van der Waals surface area contributed by atoms with Gasteiger partial charge in [0.1, 0.15) is 0 Å². The standard InChI is InChI=1S/C44H76O12Si8/c1-2-16-38(15-1)58-45-57(32-31-37-34-35-29-30-36(37)33-35)46-59(39-17-3-4-18-39)50-61(48-58,41-21-7-8-22-41)54-64(44-27-13-14-28-44)55-62(49-58,42-23-9-10-24-42)51-60(47-57,40-19-5-6-20-40)53-63(52-59,56-64)43-25-11-12-26-43/h29-30,35-44H,1-28,31-34H2/t35-,36+,37?,57?,58?,59?,60?,61?,62?,63?,64?/m1/s1. The van der Waals surface area contributed by atoms with Crippen LogP contribution in [0.4, 0.5) is 0 Å². The summed E-state index contributed by atoms with van der Waals surface area (Å²) in [7, 11) is -31.1. The Kier molecular flexibility index (Phi) is 11.1. The SMILES string of the molecule is C1=C[C@H]2C[C@@H]1CC2CC[Si]12O[Si]3(C4CCCC4)O[Si]4(C5CCCC5)O[Si](C5CCCC5)(O1)O[Si]1(C5CCCC5)O[Si](C5CCCC5)(O2)O[Si](C2CCCC2)(O3)O[Si](C2CCCC2)(O4)O1. The van der Waals surface area contributed by atoms with Gasteiger partial charge in [0.15, 0.2) is 0 Å². The van der Waals surface area contributed by atoms with Crippen molar-refractivity contribution in [2.45, 2.75) is 244 Å². The van der Waals surface area contributed by atoms with Crippen LogP contribution in [0, 0.1) is 17.8 Å². The quantitative estimate of drug-likeness (QED) is 0.153. The maximum Gasteiger partial charge on any atom is 0.482 e. The first-order valence-corrected chi connectivity index (χ1v) is 41.9. The molecule has 0 aromatic carbocycles. The van der Waals surface area contributed by atoms with Crippen molar-refractivity contribution >= 4 is 70.4 Å². The summed E-state index contributed by atoms with van der Waals surface area (Å²) < 4.78 is 102. The summed E-state index contributed by atoms with van der Waals surface area (Å²) in [6, 6.07) is 0.697. The molecule has 10 bridgehead atoms. The van der Waals surface area contributed by atoms with Crippen molar-refractivity contribution in [2.24, 2.45) is 17.8 Å². The summed E-state index contributed by atoms with van der Waals surface area (Å²) in [5.41, 5.74) is 0.609. The van der Waals surface area contributed by atoms with Crippen LogP contribution in [-0.2, 0) is 49.4 Å². The summed E-state index contributed by atoms with van der Waals surface area (Å²) in [4.78, 5) is 0. The van der Waals surface area contributed by atoms with E-state index < -0.39 is 70.4 Å². The zero-order valence-electron chi connectivity index (χ0n) is 38.5. The van der Waals surface area contributed by atoms with E-state index in [9.17, 15) is 0 Å². The van der Waals surface area contributed by atoms with Crippen LogP contribution in [0.3, 0.4) is 0 Å². The van der Waals surface area contributed by atoms with E-state index in [0.29, 0.717) is 23.8 Å². The lowest BCUT2D eigenvalue weighted by Crippen LogP contribution is -2.90. The van der Waals surface area contributed by atoms with Crippen LogP contribution in [0.25, 0.3) is 0 Å². The highest BCUT2D eigenvalue weighted by atomic mass is 28.6. The van der Waals surface area contributed by atoms with Gasteiger partial charge in [0, 0.05) is 44.8 Å². The Morgan fingerprint density at radius 3 is 0.766 bits per heavy atom. The van der Waals surface area contributed by atoms with Crippen molar-refractivity contribution in [3.05, 3.63) is 12.2 Å². The average molecular weight is 1020 g/mol. The summed E-state index contributed by atoms with van der Waals surface area (Å²) in [5, 5.41) is 0. The predicted molar refractivity (Wildman–Crippen MR) is 253 cm³/mol. The first kappa shape index (κ1) is 43.8. The molecule has 15 rings (SSSR count). The molecule has 64 heavy (non-hydrogen) atoms. The highest BCUT2D eigenvalue weighted by Crippen LogP contribution is 2.66. The van der Waals surface area contributed by atoms with Gasteiger partial charge in [-0.3, -0.25) is 0 Å².